The van der Waals surface area contributed by atoms with Crippen LogP contribution in [-0.4, -0.2) is 33.7 Å². The Labute approximate surface area is 222 Å². The van der Waals surface area contributed by atoms with Crippen molar-refractivity contribution in [2.75, 3.05) is 12.0 Å². The van der Waals surface area contributed by atoms with Crippen molar-refractivity contribution in [3.05, 3.63) is 86.1 Å². The molecular weight excluding hydrogens is 513 g/mol. The number of nitrogens with zero attached hydrogens (tertiary/aromatic N) is 5. The van der Waals surface area contributed by atoms with Crippen molar-refractivity contribution in [3.8, 4) is 11.9 Å². The number of aliphatic imine (C=N–C) groups is 1. The van der Waals surface area contributed by atoms with Crippen molar-refractivity contribution in [3.63, 3.8) is 0 Å². The lowest BCUT2D eigenvalue weighted by molar-refractivity contribution is -0.114. The minimum atomic E-state index is -1.07. The number of ether oxygens (including phenoxy) is 1. The summed E-state index contributed by atoms with van der Waals surface area (Å²) < 4.78 is 20.2. The molecule has 0 aliphatic carbocycles. The molecule has 0 bridgehead atoms. The van der Waals surface area contributed by atoms with Crippen LogP contribution in [0.3, 0.4) is 0 Å². The molecule has 1 aliphatic rings. The van der Waals surface area contributed by atoms with Gasteiger partial charge in [0.25, 0.3) is 11.5 Å². The van der Waals surface area contributed by atoms with Gasteiger partial charge in [-0.1, -0.05) is 31.5 Å². The summed E-state index contributed by atoms with van der Waals surface area (Å²) in [6, 6.07) is 5.96. The molecule has 1 unspecified atom stereocenters. The van der Waals surface area contributed by atoms with Crippen LogP contribution in [0.25, 0.3) is 0 Å². The molecule has 1 aliphatic heterocycles. The van der Waals surface area contributed by atoms with E-state index in [0.29, 0.717) is 17.2 Å². The van der Waals surface area contributed by atoms with Crippen molar-refractivity contribution in [2.45, 2.75) is 26.8 Å². The number of aromatic nitrogens is 3. The van der Waals surface area contributed by atoms with E-state index < -0.39 is 23.3 Å². The number of aryl methyl sites for hydroxylation is 1. The minimum absolute atomic E-state index is 0.0884. The molecule has 1 atom stereocenters. The summed E-state index contributed by atoms with van der Waals surface area (Å²) in [5.41, 5.74) is 6.54. The van der Waals surface area contributed by atoms with Crippen LogP contribution in [0.15, 0.2) is 57.7 Å². The number of hydrogen-bond donors (Lipinski definition) is 2. The second-order valence-corrected chi connectivity index (χ2v) is 9.19. The van der Waals surface area contributed by atoms with E-state index in [4.69, 9.17) is 27.1 Å². The number of rotatable bonds is 6. The normalized spacial score (nSPS) is 15.8. The predicted molar refractivity (Wildman–Crippen MR) is 140 cm³/mol. The number of pyridine rings is 1. The second kappa shape index (κ2) is 10.4. The number of nitrogens with two attached hydrogens (primary N) is 1. The van der Waals surface area contributed by atoms with E-state index in [-0.39, 0.29) is 44.9 Å². The largest absolute Gasteiger partial charge is 0.479 e. The Bertz CT molecular complexity index is 1610. The van der Waals surface area contributed by atoms with E-state index in [1.54, 1.807) is 13.0 Å². The average Bonchev–Trinajstić information content (AvgIpc) is 3.14. The molecule has 0 spiro atoms. The van der Waals surface area contributed by atoms with Gasteiger partial charge in [-0.05, 0) is 36.6 Å². The van der Waals surface area contributed by atoms with Gasteiger partial charge in [-0.15, -0.1) is 0 Å². The topological polar surface area (TPSA) is 150 Å². The number of carbonyl (C=O) groups excluding carboxylic acids is 1. The van der Waals surface area contributed by atoms with Crippen molar-refractivity contribution in [2.24, 2.45) is 16.6 Å². The SMILES string of the molecule is COc1nc(C)ncc1N=C(C1=C(N)C(=O)N(c2cc(Cl)c[nH]c2=O)C1c1ccc(C#N)c(F)c1)C(C)C. The van der Waals surface area contributed by atoms with Crippen molar-refractivity contribution >= 4 is 34.6 Å². The summed E-state index contributed by atoms with van der Waals surface area (Å²) in [6.07, 6.45) is 2.76. The first-order valence-corrected chi connectivity index (χ1v) is 11.8. The number of anilines is 1. The molecule has 3 aromatic rings. The smallest absolute Gasteiger partial charge is 0.275 e. The molecule has 38 heavy (non-hydrogen) atoms. The molecule has 194 valence electrons. The molecule has 0 fully saturated rings. The van der Waals surface area contributed by atoms with Gasteiger partial charge in [-0.3, -0.25) is 14.5 Å². The molecule has 4 rings (SSSR count). The van der Waals surface area contributed by atoms with Gasteiger partial charge in [0.2, 0.25) is 5.88 Å². The Hall–Kier alpha value is -4.56. The van der Waals surface area contributed by atoms with Gasteiger partial charge in [-0.25, -0.2) is 14.4 Å². The van der Waals surface area contributed by atoms with Gasteiger partial charge < -0.3 is 15.5 Å². The fourth-order valence-corrected chi connectivity index (χ4v) is 4.36. The Morgan fingerprint density at radius 3 is 2.71 bits per heavy atom. The summed E-state index contributed by atoms with van der Waals surface area (Å²) in [6.45, 7) is 5.39. The maximum Gasteiger partial charge on any atom is 0.275 e. The third-order valence-corrected chi connectivity index (χ3v) is 6.14. The summed E-state index contributed by atoms with van der Waals surface area (Å²) in [4.78, 5) is 43.2. The lowest BCUT2D eigenvalue weighted by Crippen LogP contribution is -2.36. The highest BCUT2D eigenvalue weighted by molar-refractivity contribution is 6.31. The Morgan fingerprint density at radius 1 is 1.34 bits per heavy atom. The van der Waals surface area contributed by atoms with Crippen LogP contribution in [0.5, 0.6) is 5.88 Å². The van der Waals surface area contributed by atoms with E-state index in [0.717, 1.165) is 11.0 Å². The molecule has 1 amide bonds. The number of carbonyl (C=O) groups is 1. The molecule has 10 nitrogen and oxygen atoms in total. The zero-order valence-electron chi connectivity index (χ0n) is 20.9. The molecule has 1 aromatic carbocycles. The Kier molecular flexibility index (Phi) is 7.28. The van der Waals surface area contributed by atoms with Gasteiger partial charge in [-0.2, -0.15) is 10.2 Å². The lowest BCUT2D eigenvalue weighted by atomic mass is 9.89. The molecular formula is C26H23ClFN7O3. The van der Waals surface area contributed by atoms with Crippen molar-refractivity contribution in [1.82, 2.24) is 15.0 Å². The highest BCUT2D eigenvalue weighted by atomic mass is 35.5. The average molecular weight is 536 g/mol. The molecule has 0 saturated carbocycles. The first-order valence-electron chi connectivity index (χ1n) is 11.4. The maximum atomic E-state index is 14.8. The van der Waals surface area contributed by atoms with Crippen LogP contribution in [0.4, 0.5) is 15.8 Å². The molecule has 0 radical (unpaired) electrons. The van der Waals surface area contributed by atoms with Crippen molar-refractivity contribution < 1.29 is 13.9 Å². The summed E-state index contributed by atoms with van der Waals surface area (Å²) in [7, 11) is 1.44. The summed E-state index contributed by atoms with van der Waals surface area (Å²) in [5.74, 6) is -1.10. The van der Waals surface area contributed by atoms with Gasteiger partial charge >= 0.3 is 0 Å². The Balaban J connectivity index is 2.01. The maximum absolute atomic E-state index is 14.8. The molecule has 3 N–H and O–H groups in total. The number of hydrogen-bond acceptors (Lipinski definition) is 8. The minimum Gasteiger partial charge on any atom is -0.479 e. The fraction of sp³-hybridized carbons (Fsp3) is 0.231. The van der Waals surface area contributed by atoms with Crippen LogP contribution in [0.2, 0.25) is 5.02 Å². The van der Waals surface area contributed by atoms with Crippen molar-refractivity contribution in [1.29, 1.82) is 5.26 Å². The van der Waals surface area contributed by atoms with Gasteiger partial charge in [0.15, 0.2) is 0 Å². The van der Waals surface area contributed by atoms with Gasteiger partial charge in [0, 0.05) is 11.8 Å². The van der Waals surface area contributed by atoms with Gasteiger partial charge in [0.1, 0.15) is 34.8 Å². The van der Waals surface area contributed by atoms with E-state index in [1.165, 1.54) is 37.7 Å². The molecule has 12 heteroatoms. The number of nitriles is 1. The van der Waals surface area contributed by atoms with Gasteiger partial charge in [0.05, 0.1) is 35.6 Å². The van der Waals surface area contributed by atoms with Crippen LogP contribution < -0.4 is 20.9 Å². The zero-order chi connectivity index (χ0) is 27.7. The van der Waals surface area contributed by atoms with E-state index in [2.05, 4.69) is 15.0 Å². The first kappa shape index (κ1) is 26.5. The molecule has 0 saturated heterocycles. The van der Waals surface area contributed by atoms with Crippen LogP contribution in [-0.2, 0) is 4.79 Å². The highest BCUT2D eigenvalue weighted by Crippen LogP contribution is 2.42. The third kappa shape index (κ3) is 4.73. The summed E-state index contributed by atoms with van der Waals surface area (Å²) in [5, 5.41) is 9.38. The van der Waals surface area contributed by atoms with E-state index >= 15 is 0 Å². The van der Waals surface area contributed by atoms with Crippen LogP contribution >= 0.6 is 11.6 Å². The number of aromatic amines is 1. The number of H-pyrrole nitrogens is 1. The number of halogens is 2. The number of nitrogens with one attached hydrogen (secondary N) is 1. The van der Waals surface area contributed by atoms with E-state index in [1.807, 2.05) is 13.8 Å². The number of methoxy groups -OCH3 is 1. The monoisotopic (exact) mass is 535 g/mol. The fourth-order valence-electron chi connectivity index (χ4n) is 4.20. The number of amides is 1. The molecule has 2 aromatic heterocycles. The third-order valence-electron chi connectivity index (χ3n) is 5.92. The zero-order valence-corrected chi connectivity index (χ0v) is 21.7. The first-order chi connectivity index (χ1) is 18.1. The standard InChI is InChI=1S/C26H23ClFN7O3/c1-12(2)22(34-18-11-31-13(3)33-25(18)38-4)20-21(30)26(37)35(19-8-16(27)10-32-24(19)36)23(20)14-5-6-15(9-29)17(28)7-14/h5-8,10-12,23H,30H2,1-4H3,(H,32,36). The second-order valence-electron chi connectivity index (χ2n) is 8.75. The predicted octanol–water partition coefficient (Wildman–Crippen LogP) is 3.88. The van der Waals surface area contributed by atoms with Crippen LogP contribution in [0, 0.1) is 30.0 Å². The lowest BCUT2D eigenvalue weighted by Gasteiger charge is -2.28. The van der Waals surface area contributed by atoms with Crippen LogP contribution in [0.1, 0.15) is 36.8 Å². The van der Waals surface area contributed by atoms with E-state index in [9.17, 15) is 19.2 Å². The quantitative estimate of drug-likeness (QED) is 0.454. The Morgan fingerprint density at radius 2 is 2.08 bits per heavy atom. The highest BCUT2D eigenvalue weighted by Gasteiger charge is 2.44. The molecule has 3 heterocycles. The number of benzene rings is 1. The summed E-state index contributed by atoms with van der Waals surface area (Å²) >= 11 is 6.14.